The molecule has 1 heterocycles. The summed E-state index contributed by atoms with van der Waals surface area (Å²) < 4.78 is 1.46. The molecule has 0 saturated heterocycles. The number of nitrogens with one attached hydrogen (secondary N) is 1. The van der Waals surface area contributed by atoms with Crippen LogP contribution < -0.4 is 5.32 Å². The maximum Gasteiger partial charge on any atom is 0.0659 e. The molecule has 0 amide bonds. The lowest BCUT2D eigenvalue weighted by Crippen LogP contribution is -2.31. The third kappa shape index (κ3) is 3.53. The summed E-state index contributed by atoms with van der Waals surface area (Å²) in [5.41, 5.74) is 1.62. The van der Waals surface area contributed by atoms with Gasteiger partial charge in [0.2, 0.25) is 0 Å². The van der Waals surface area contributed by atoms with Gasteiger partial charge in [0.1, 0.15) is 0 Å². The second kappa shape index (κ2) is 6.44. The quantitative estimate of drug-likeness (QED) is 0.706. The fourth-order valence-corrected chi connectivity index (χ4v) is 5.70. The molecule has 2 aliphatic carbocycles. The van der Waals surface area contributed by atoms with Crippen molar-refractivity contribution >= 4 is 33.9 Å². The van der Waals surface area contributed by atoms with Gasteiger partial charge in [0.05, 0.1) is 2.88 Å². The fourth-order valence-electron chi connectivity index (χ4n) is 3.58. The molecule has 0 spiro atoms. The van der Waals surface area contributed by atoms with Crippen molar-refractivity contribution in [2.75, 3.05) is 6.54 Å². The topological polar surface area (TPSA) is 12.0 Å². The fraction of sp³-hybridized carbons (Fsp3) is 0.750. The van der Waals surface area contributed by atoms with E-state index >= 15 is 0 Å². The van der Waals surface area contributed by atoms with Gasteiger partial charge in [0.25, 0.3) is 0 Å². The maximum atomic E-state index is 3.88. The second-order valence-electron chi connectivity index (χ2n) is 6.41. The zero-order valence-corrected chi connectivity index (χ0v) is 14.7. The number of aryl methyl sites for hydroxylation is 1. The highest BCUT2D eigenvalue weighted by molar-refractivity contribution is 14.1. The van der Waals surface area contributed by atoms with E-state index in [-0.39, 0.29) is 0 Å². The first kappa shape index (κ1) is 14.3. The first-order chi connectivity index (χ1) is 9.22. The summed E-state index contributed by atoms with van der Waals surface area (Å²) in [7, 11) is 0. The van der Waals surface area contributed by atoms with Crippen LogP contribution in [-0.4, -0.2) is 6.54 Å². The van der Waals surface area contributed by atoms with Crippen LogP contribution in [0.15, 0.2) is 6.07 Å². The maximum absolute atomic E-state index is 3.88. The van der Waals surface area contributed by atoms with Crippen LogP contribution in [0.5, 0.6) is 0 Å². The van der Waals surface area contributed by atoms with E-state index in [2.05, 4.69) is 40.9 Å². The number of hydrogen-bond acceptors (Lipinski definition) is 2. The molecule has 0 aromatic carbocycles. The van der Waals surface area contributed by atoms with Crippen LogP contribution in [0.4, 0.5) is 0 Å². The number of fused-ring (bicyclic) bond motifs is 1. The SMILES string of the molecule is CC1CCC(CNC2CCCc3sc(I)cc32)CC1. The van der Waals surface area contributed by atoms with Crippen LogP contribution in [0, 0.1) is 14.7 Å². The Bertz CT molecular complexity index is 420. The summed E-state index contributed by atoms with van der Waals surface area (Å²) in [5.74, 6) is 1.90. The van der Waals surface area contributed by atoms with Crippen molar-refractivity contribution in [2.45, 2.75) is 57.9 Å². The molecule has 0 aliphatic heterocycles. The van der Waals surface area contributed by atoms with E-state index in [1.54, 1.807) is 10.4 Å². The average Bonchev–Trinajstić information content (AvgIpc) is 2.79. The minimum atomic E-state index is 0.642. The van der Waals surface area contributed by atoms with Crippen molar-refractivity contribution in [3.8, 4) is 0 Å². The molecule has 1 nitrogen and oxygen atoms in total. The molecule has 2 aliphatic rings. The molecule has 19 heavy (non-hydrogen) atoms. The van der Waals surface area contributed by atoms with Gasteiger partial charge in [-0.15, -0.1) is 11.3 Å². The van der Waals surface area contributed by atoms with Gasteiger partial charge in [-0.25, -0.2) is 0 Å². The molecule has 1 unspecified atom stereocenters. The third-order valence-corrected chi connectivity index (χ3v) is 6.84. The Morgan fingerprint density at radius 2 is 2.05 bits per heavy atom. The zero-order valence-electron chi connectivity index (χ0n) is 11.8. The molecule has 1 N–H and O–H groups in total. The Morgan fingerprint density at radius 1 is 1.26 bits per heavy atom. The van der Waals surface area contributed by atoms with Crippen LogP contribution in [-0.2, 0) is 6.42 Å². The highest BCUT2D eigenvalue weighted by Crippen LogP contribution is 2.37. The minimum absolute atomic E-state index is 0.642. The van der Waals surface area contributed by atoms with Gasteiger partial charge in [-0.2, -0.15) is 0 Å². The summed E-state index contributed by atoms with van der Waals surface area (Å²) in [4.78, 5) is 1.64. The average molecular weight is 389 g/mol. The van der Waals surface area contributed by atoms with Gasteiger partial charge >= 0.3 is 0 Å². The van der Waals surface area contributed by atoms with Gasteiger partial charge in [0, 0.05) is 10.9 Å². The highest BCUT2D eigenvalue weighted by Gasteiger charge is 2.24. The molecular formula is C16H24INS. The van der Waals surface area contributed by atoms with Crippen molar-refractivity contribution in [1.29, 1.82) is 0 Å². The van der Waals surface area contributed by atoms with Crippen LogP contribution in [0.1, 0.15) is 61.9 Å². The lowest BCUT2D eigenvalue weighted by atomic mass is 9.82. The molecule has 3 rings (SSSR count). The summed E-state index contributed by atoms with van der Waals surface area (Å²) in [6.07, 6.45) is 9.77. The molecule has 106 valence electrons. The van der Waals surface area contributed by atoms with Crippen molar-refractivity contribution in [2.24, 2.45) is 11.8 Å². The van der Waals surface area contributed by atoms with E-state index in [4.69, 9.17) is 0 Å². The van der Waals surface area contributed by atoms with Crippen LogP contribution in [0.2, 0.25) is 0 Å². The van der Waals surface area contributed by atoms with Crippen LogP contribution >= 0.6 is 33.9 Å². The summed E-state index contributed by atoms with van der Waals surface area (Å²) in [6.45, 7) is 3.65. The van der Waals surface area contributed by atoms with E-state index in [0.29, 0.717) is 6.04 Å². The van der Waals surface area contributed by atoms with Gasteiger partial charge in [-0.3, -0.25) is 0 Å². The zero-order chi connectivity index (χ0) is 13.2. The van der Waals surface area contributed by atoms with E-state index in [0.717, 1.165) is 11.8 Å². The van der Waals surface area contributed by atoms with Crippen molar-refractivity contribution in [3.63, 3.8) is 0 Å². The second-order valence-corrected chi connectivity index (χ2v) is 9.44. The summed E-state index contributed by atoms with van der Waals surface area (Å²) >= 11 is 4.48. The summed E-state index contributed by atoms with van der Waals surface area (Å²) in [5, 5.41) is 3.88. The predicted molar refractivity (Wildman–Crippen MR) is 91.8 cm³/mol. The Kier molecular flexibility index (Phi) is 4.86. The van der Waals surface area contributed by atoms with Crippen LogP contribution in [0.25, 0.3) is 0 Å². The third-order valence-electron chi connectivity index (χ3n) is 4.87. The van der Waals surface area contributed by atoms with E-state index in [9.17, 15) is 0 Å². The van der Waals surface area contributed by atoms with Gasteiger partial charge in [-0.05, 0) is 84.7 Å². The minimum Gasteiger partial charge on any atom is -0.310 e. The Balaban J connectivity index is 1.56. The van der Waals surface area contributed by atoms with Gasteiger partial charge < -0.3 is 5.32 Å². The number of halogens is 1. The van der Waals surface area contributed by atoms with Crippen molar-refractivity contribution in [1.82, 2.24) is 5.32 Å². The van der Waals surface area contributed by atoms with E-state index in [1.807, 2.05) is 11.3 Å². The van der Waals surface area contributed by atoms with E-state index in [1.165, 1.54) is 54.4 Å². The van der Waals surface area contributed by atoms with Gasteiger partial charge in [-0.1, -0.05) is 19.8 Å². The molecule has 1 aromatic rings. The molecule has 1 saturated carbocycles. The number of rotatable bonds is 3. The molecule has 3 heteroatoms. The monoisotopic (exact) mass is 389 g/mol. The molecular weight excluding hydrogens is 365 g/mol. The Morgan fingerprint density at radius 3 is 2.84 bits per heavy atom. The normalized spacial score (nSPS) is 31.2. The highest BCUT2D eigenvalue weighted by atomic mass is 127. The lowest BCUT2D eigenvalue weighted by molar-refractivity contribution is 0.270. The Labute approximate surface area is 134 Å². The summed E-state index contributed by atoms with van der Waals surface area (Å²) in [6, 6.07) is 3.06. The Hall–Kier alpha value is 0.390. The molecule has 1 atom stereocenters. The van der Waals surface area contributed by atoms with Crippen molar-refractivity contribution in [3.05, 3.63) is 19.4 Å². The van der Waals surface area contributed by atoms with Gasteiger partial charge in [0.15, 0.2) is 0 Å². The molecule has 0 bridgehead atoms. The first-order valence-corrected chi connectivity index (χ1v) is 9.63. The lowest BCUT2D eigenvalue weighted by Gasteiger charge is -2.30. The molecule has 0 radical (unpaired) electrons. The smallest absolute Gasteiger partial charge is 0.0659 e. The predicted octanol–water partition coefficient (Wildman–Crippen LogP) is 5.15. The number of hydrogen-bond donors (Lipinski definition) is 1. The molecule has 1 aromatic heterocycles. The standard InChI is InChI=1S/C16H24INS/c1-11-5-7-12(8-6-11)10-18-14-3-2-4-15-13(14)9-16(17)19-15/h9,11-12,14,18H,2-8,10H2,1H3. The van der Waals surface area contributed by atoms with Crippen molar-refractivity contribution < 1.29 is 0 Å². The van der Waals surface area contributed by atoms with Crippen LogP contribution in [0.3, 0.4) is 0 Å². The van der Waals surface area contributed by atoms with E-state index < -0.39 is 0 Å². The largest absolute Gasteiger partial charge is 0.310 e. The molecule has 1 fully saturated rings. The number of thiophene rings is 1. The first-order valence-electron chi connectivity index (χ1n) is 7.74.